The Morgan fingerprint density at radius 2 is 1.90 bits per heavy atom. The molecule has 162 valence electrons. The lowest BCUT2D eigenvalue weighted by Gasteiger charge is -2.13. The highest BCUT2D eigenvalue weighted by molar-refractivity contribution is 5.86. The maximum atomic E-state index is 5.89. The van der Waals surface area contributed by atoms with Gasteiger partial charge in [-0.25, -0.2) is 4.98 Å². The number of fused-ring (bicyclic) bond motifs is 1. The quantitative estimate of drug-likeness (QED) is 0.392. The molecule has 0 unspecified atom stereocenters. The average molecular weight is 412 g/mol. The number of hydrogen-bond acceptors (Lipinski definition) is 7. The van der Waals surface area contributed by atoms with Gasteiger partial charge < -0.3 is 21.1 Å². The maximum absolute atomic E-state index is 5.89. The van der Waals surface area contributed by atoms with Gasteiger partial charge in [0.25, 0.3) is 0 Å². The number of nitrogens with zero attached hydrogens (tertiary/aromatic N) is 4. The van der Waals surface area contributed by atoms with Gasteiger partial charge in [-0.1, -0.05) is 38.8 Å². The number of rotatable bonds is 12. The Kier molecular flexibility index (Phi) is 7.84. The average Bonchev–Trinajstić information content (AvgIpc) is 3.14. The molecule has 0 aliphatic carbocycles. The first kappa shape index (κ1) is 21.8. The van der Waals surface area contributed by atoms with Crippen molar-refractivity contribution in [3.63, 3.8) is 0 Å². The molecule has 3 aromatic rings. The fraction of sp³-hybridized carbons (Fsp3) is 0.500. The van der Waals surface area contributed by atoms with Crippen LogP contribution in [0.3, 0.4) is 0 Å². The van der Waals surface area contributed by atoms with Crippen LogP contribution >= 0.6 is 0 Å². The van der Waals surface area contributed by atoms with Crippen molar-refractivity contribution in [1.82, 2.24) is 25.1 Å². The lowest BCUT2D eigenvalue weighted by atomic mass is 10.1. The number of methoxy groups -OCH3 is 1. The molecule has 0 spiro atoms. The van der Waals surface area contributed by atoms with E-state index < -0.39 is 0 Å². The highest BCUT2D eigenvalue weighted by atomic mass is 16.5. The number of hydrogen-bond donors (Lipinski definition) is 3. The van der Waals surface area contributed by atoms with E-state index in [1.807, 2.05) is 4.68 Å². The third kappa shape index (κ3) is 5.38. The van der Waals surface area contributed by atoms with Crippen LogP contribution in [0.5, 0.6) is 5.75 Å². The summed E-state index contributed by atoms with van der Waals surface area (Å²) in [5.74, 6) is 1.82. The predicted octanol–water partition coefficient (Wildman–Crippen LogP) is 3.57. The number of nitrogens with two attached hydrogens (primary N) is 1. The van der Waals surface area contributed by atoms with E-state index in [0.29, 0.717) is 6.54 Å². The second kappa shape index (κ2) is 10.8. The summed E-state index contributed by atoms with van der Waals surface area (Å²) in [5.41, 5.74) is 9.73. The van der Waals surface area contributed by atoms with Crippen molar-refractivity contribution < 1.29 is 4.74 Å². The van der Waals surface area contributed by atoms with Gasteiger partial charge in [-0.05, 0) is 31.0 Å². The first-order valence-electron chi connectivity index (χ1n) is 10.8. The molecule has 8 heteroatoms. The van der Waals surface area contributed by atoms with E-state index in [1.54, 1.807) is 13.3 Å². The van der Waals surface area contributed by atoms with Crippen LogP contribution in [0.4, 0.5) is 11.8 Å². The number of aromatic nitrogens is 4. The standard InChI is InChI=1S/C22H33N7O/c1-4-6-10-24-13-16-8-9-17(19(12-16)30-3)15-29-20-18(14-26-29)27-22(23)28-21(20)25-11-7-5-2/h8-9,12,14,24H,4-7,10-11,13,15H2,1-3H3,(H3,23,25,27,28). The van der Waals surface area contributed by atoms with Crippen LogP contribution in [-0.4, -0.2) is 39.9 Å². The summed E-state index contributed by atoms with van der Waals surface area (Å²) in [7, 11) is 1.70. The van der Waals surface area contributed by atoms with Crippen LogP contribution in [-0.2, 0) is 13.1 Å². The van der Waals surface area contributed by atoms with Crippen molar-refractivity contribution in [2.75, 3.05) is 31.2 Å². The van der Waals surface area contributed by atoms with Crippen molar-refractivity contribution in [1.29, 1.82) is 0 Å². The molecule has 0 fully saturated rings. The minimum absolute atomic E-state index is 0.249. The molecule has 2 heterocycles. The summed E-state index contributed by atoms with van der Waals surface area (Å²) in [6.45, 7) is 7.60. The lowest BCUT2D eigenvalue weighted by Crippen LogP contribution is -2.14. The van der Waals surface area contributed by atoms with Crippen LogP contribution in [0, 0.1) is 0 Å². The maximum Gasteiger partial charge on any atom is 0.222 e. The molecular formula is C22H33N7O. The zero-order valence-corrected chi connectivity index (χ0v) is 18.2. The summed E-state index contributed by atoms with van der Waals surface area (Å²) in [6.07, 6.45) is 6.27. The van der Waals surface area contributed by atoms with Crippen molar-refractivity contribution >= 4 is 22.8 Å². The first-order valence-corrected chi connectivity index (χ1v) is 10.8. The number of anilines is 2. The van der Waals surface area contributed by atoms with Gasteiger partial charge in [0.15, 0.2) is 5.82 Å². The zero-order chi connectivity index (χ0) is 21.3. The second-order valence-corrected chi connectivity index (χ2v) is 7.42. The summed E-state index contributed by atoms with van der Waals surface area (Å²) in [6, 6.07) is 6.33. The normalized spacial score (nSPS) is 11.2. The zero-order valence-electron chi connectivity index (χ0n) is 18.2. The van der Waals surface area contributed by atoms with Crippen molar-refractivity contribution in [3.05, 3.63) is 35.5 Å². The van der Waals surface area contributed by atoms with E-state index >= 15 is 0 Å². The second-order valence-electron chi connectivity index (χ2n) is 7.42. The van der Waals surface area contributed by atoms with Crippen LogP contribution in [0.2, 0.25) is 0 Å². The van der Waals surface area contributed by atoms with Crippen LogP contribution in [0.15, 0.2) is 24.4 Å². The molecule has 0 saturated heterocycles. The molecule has 0 aliphatic rings. The summed E-state index contributed by atoms with van der Waals surface area (Å²) in [4.78, 5) is 8.74. The van der Waals surface area contributed by atoms with Gasteiger partial charge in [0.1, 0.15) is 16.8 Å². The topological polar surface area (TPSA) is 103 Å². The van der Waals surface area contributed by atoms with Crippen LogP contribution in [0.25, 0.3) is 11.0 Å². The van der Waals surface area contributed by atoms with Gasteiger partial charge in [0, 0.05) is 18.7 Å². The van der Waals surface area contributed by atoms with Crippen molar-refractivity contribution in [2.24, 2.45) is 0 Å². The molecule has 1 aromatic carbocycles. The highest BCUT2D eigenvalue weighted by Gasteiger charge is 2.14. The van der Waals surface area contributed by atoms with Gasteiger partial charge in [-0.15, -0.1) is 0 Å². The first-order chi connectivity index (χ1) is 14.7. The summed E-state index contributed by atoms with van der Waals surface area (Å²) in [5, 5.41) is 11.4. The predicted molar refractivity (Wildman–Crippen MR) is 122 cm³/mol. The molecule has 0 bridgehead atoms. The molecule has 30 heavy (non-hydrogen) atoms. The van der Waals surface area contributed by atoms with E-state index in [-0.39, 0.29) is 5.95 Å². The van der Waals surface area contributed by atoms with E-state index in [2.05, 4.69) is 57.7 Å². The van der Waals surface area contributed by atoms with Gasteiger partial charge in [0.2, 0.25) is 5.95 Å². The number of nitrogen functional groups attached to an aromatic ring is 1. The Bertz CT molecular complexity index is 954. The van der Waals surface area contributed by atoms with Crippen molar-refractivity contribution in [2.45, 2.75) is 52.6 Å². The van der Waals surface area contributed by atoms with Crippen molar-refractivity contribution in [3.8, 4) is 5.75 Å². The molecule has 0 amide bonds. The SMILES string of the molecule is CCCCNCc1ccc(Cn2ncc3nc(N)nc(NCCCC)c32)c(OC)c1. The van der Waals surface area contributed by atoms with E-state index in [0.717, 1.165) is 60.6 Å². The Hall–Kier alpha value is -2.87. The molecule has 2 aromatic heterocycles. The Balaban J connectivity index is 1.83. The Morgan fingerprint density at radius 1 is 1.10 bits per heavy atom. The van der Waals surface area contributed by atoms with Gasteiger partial charge in [-0.3, -0.25) is 4.68 Å². The largest absolute Gasteiger partial charge is 0.496 e. The third-order valence-electron chi connectivity index (χ3n) is 5.04. The number of nitrogens with one attached hydrogen (secondary N) is 2. The molecule has 0 radical (unpaired) electrons. The monoisotopic (exact) mass is 411 g/mol. The van der Waals surface area contributed by atoms with Crippen LogP contribution < -0.4 is 21.1 Å². The minimum Gasteiger partial charge on any atom is -0.496 e. The van der Waals surface area contributed by atoms with Gasteiger partial charge >= 0.3 is 0 Å². The Labute approximate surface area is 178 Å². The fourth-order valence-corrected chi connectivity index (χ4v) is 3.37. The summed E-state index contributed by atoms with van der Waals surface area (Å²) >= 11 is 0. The molecule has 0 atom stereocenters. The third-order valence-corrected chi connectivity index (χ3v) is 5.04. The van der Waals surface area contributed by atoms with Gasteiger partial charge in [0.05, 0.1) is 19.9 Å². The van der Waals surface area contributed by atoms with E-state index in [9.17, 15) is 0 Å². The van der Waals surface area contributed by atoms with E-state index in [4.69, 9.17) is 10.5 Å². The number of unbranched alkanes of at least 4 members (excludes halogenated alkanes) is 2. The molecule has 0 saturated carbocycles. The fourth-order valence-electron chi connectivity index (χ4n) is 3.37. The Morgan fingerprint density at radius 3 is 2.67 bits per heavy atom. The lowest BCUT2D eigenvalue weighted by molar-refractivity contribution is 0.407. The molecule has 0 aliphatic heterocycles. The molecule has 8 nitrogen and oxygen atoms in total. The van der Waals surface area contributed by atoms with Crippen LogP contribution in [0.1, 0.15) is 50.7 Å². The minimum atomic E-state index is 0.249. The van der Waals surface area contributed by atoms with E-state index in [1.165, 1.54) is 18.4 Å². The van der Waals surface area contributed by atoms with Gasteiger partial charge in [-0.2, -0.15) is 10.1 Å². The summed E-state index contributed by atoms with van der Waals surface area (Å²) < 4.78 is 7.57. The molecule has 3 rings (SSSR count). The molecule has 4 N–H and O–H groups in total. The smallest absolute Gasteiger partial charge is 0.222 e. The highest BCUT2D eigenvalue weighted by Crippen LogP contribution is 2.26. The molecular weight excluding hydrogens is 378 g/mol. The number of benzene rings is 1. The number of ether oxygens (including phenoxy) is 1.